The number of aromatic nitrogens is 2. The maximum absolute atomic E-state index is 13.6. The van der Waals surface area contributed by atoms with Gasteiger partial charge in [-0.3, -0.25) is 19.5 Å². The van der Waals surface area contributed by atoms with Gasteiger partial charge in [-0.1, -0.05) is 70.5 Å². The Hall–Kier alpha value is -3.81. The topological polar surface area (TPSA) is 73.2 Å². The van der Waals surface area contributed by atoms with Gasteiger partial charge in [0.15, 0.2) is 0 Å². The van der Waals surface area contributed by atoms with E-state index < -0.39 is 0 Å². The number of fused-ring (bicyclic) bond motifs is 2. The quantitative estimate of drug-likeness (QED) is 0.270. The molecule has 1 saturated heterocycles. The van der Waals surface area contributed by atoms with Crippen molar-refractivity contribution in [1.29, 1.82) is 0 Å². The van der Waals surface area contributed by atoms with E-state index in [1.165, 1.54) is 15.3 Å². The number of amides is 1. The monoisotopic (exact) mass is 553 g/mol. The number of carbonyl (C=O) groups is 1. The molecule has 184 valence electrons. The molecule has 1 aromatic heterocycles. The van der Waals surface area contributed by atoms with Gasteiger partial charge in [0.1, 0.15) is 0 Å². The van der Waals surface area contributed by atoms with Gasteiger partial charge in [0, 0.05) is 10.0 Å². The summed E-state index contributed by atoms with van der Waals surface area (Å²) in [5.41, 5.74) is 1.93. The van der Waals surface area contributed by atoms with E-state index in [4.69, 9.17) is 4.74 Å². The first-order valence-electron chi connectivity index (χ1n) is 12.3. The minimum atomic E-state index is -0.322. The van der Waals surface area contributed by atoms with Crippen LogP contribution < -0.4 is 10.9 Å². The Balaban J connectivity index is 1.30. The Morgan fingerprint density at radius 2 is 1.73 bits per heavy atom. The Labute approximate surface area is 222 Å². The first kappa shape index (κ1) is 23.6. The average Bonchev–Trinajstić information content (AvgIpc) is 3.39. The van der Waals surface area contributed by atoms with E-state index in [1.807, 2.05) is 24.3 Å². The molecular formula is C30H24BrN3O3. The Morgan fingerprint density at radius 1 is 0.946 bits per heavy atom. The number of carbonyl (C=O) groups excluding carboxylic acids is 1. The van der Waals surface area contributed by atoms with Crippen molar-refractivity contribution in [3.05, 3.63) is 117 Å². The SMILES string of the molecule is O=C(Nc1nc2cc(Br)ccc2c(=O)n1CC1CC[C@@H](c2ccc3ccccc3c2)O1)c1ccccc1. The van der Waals surface area contributed by atoms with Gasteiger partial charge in [-0.05, 0) is 65.6 Å². The Kier molecular flexibility index (Phi) is 6.32. The predicted octanol–water partition coefficient (Wildman–Crippen LogP) is 6.48. The highest BCUT2D eigenvalue weighted by atomic mass is 79.9. The molecule has 2 heterocycles. The summed E-state index contributed by atoms with van der Waals surface area (Å²) in [5.74, 6) is -0.112. The summed E-state index contributed by atoms with van der Waals surface area (Å²) in [6.07, 6.45) is 1.43. The zero-order valence-electron chi connectivity index (χ0n) is 19.9. The number of hydrogen-bond acceptors (Lipinski definition) is 4. The van der Waals surface area contributed by atoms with E-state index in [2.05, 4.69) is 56.6 Å². The summed E-state index contributed by atoms with van der Waals surface area (Å²) in [6, 6.07) is 28.9. The van der Waals surface area contributed by atoms with E-state index in [0.29, 0.717) is 23.0 Å². The van der Waals surface area contributed by atoms with Crippen LogP contribution in [0.25, 0.3) is 21.7 Å². The van der Waals surface area contributed by atoms with Crippen LogP contribution in [-0.4, -0.2) is 21.6 Å². The molecule has 0 saturated carbocycles. The molecule has 0 aliphatic carbocycles. The van der Waals surface area contributed by atoms with Crippen molar-refractivity contribution in [2.24, 2.45) is 0 Å². The maximum Gasteiger partial charge on any atom is 0.262 e. The van der Waals surface area contributed by atoms with Gasteiger partial charge in [0.2, 0.25) is 5.95 Å². The second-order valence-corrected chi connectivity index (χ2v) is 10.2. The second-order valence-electron chi connectivity index (χ2n) is 9.26. The van der Waals surface area contributed by atoms with Crippen LogP contribution in [0.5, 0.6) is 0 Å². The lowest BCUT2D eigenvalue weighted by molar-refractivity contribution is 0.0348. The number of nitrogens with zero attached hydrogens (tertiary/aromatic N) is 2. The van der Waals surface area contributed by atoms with Gasteiger partial charge in [0.25, 0.3) is 11.5 Å². The minimum Gasteiger partial charge on any atom is -0.368 e. The molecule has 1 aliphatic heterocycles. The van der Waals surface area contributed by atoms with E-state index >= 15 is 0 Å². The summed E-state index contributed by atoms with van der Waals surface area (Å²) < 4.78 is 8.76. The van der Waals surface area contributed by atoms with Crippen LogP contribution in [0, 0.1) is 0 Å². The molecule has 5 aromatic rings. The maximum atomic E-state index is 13.6. The normalized spacial score (nSPS) is 17.3. The lowest BCUT2D eigenvalue weighted by Gasteiger charge is -2.19. The number of hydrogen-bond donors (Lipinski definition) is 1. The zero-order chi connectivity index (χ0) is 25.4. The number of benzene rings is 4. The predicted molar refractivity (Wildman–Crippen MR) is 149 cm³/mol. The van der Waals surface area contributed by atoms with Crippen molar-refractivity contribution in [2.45, 2.75) is 31.6 Å². The summed E-state index contributed by atoms with van der Waals surface area (Å²) in [5, 5.41) is 5.72. The van der Waals surface area contributed by atoms with Crippen molar-refractivity contribution < 1.29 is 9.53 Å². The van der Waals surface area contributed by atoms with E-state index in [0.717, 1.165) is 22.9 Å². The molecular weight excluding hydrogens is 530 g/mol. The van der Waals surface area contributed by atoms with E-state index in [9.17, 15) is 9.59 Å². The molecule has 37 heavy (non-hydrogen) atoms. The average molecular weight is 554 g/mol. The largest absolute Gasteiger partial charge is 0.368 e. The Morgan fingerprint density at radius 3 is 2.57 bits per heavy atom. The standard InChI is InChI=1S/C30H24BrN3O3/c31-23-12-14-25-26(17-23)32-30(33-28(35)20-7-2-1-3-8-20)34(29(25)36)18-24-13-15-27(37-24)22-11-10-19-6-4-5-9-21(19)16-22/h1-12,14,16-17,24,27H,13,15,18H2,(H,32,33,35)/t24?,27-/m0/s1. The van der Waals surface area contributed by atoms with Crippen LogP contribution in [0.15, 0.2) is 100 Å². The van der Waals surface area contributed by atoms with Crippen molar-refractivity contribution in [3.63, 3.8) is 0 Å². The molecule has 1 amide bonds. The minimum absolute atomic E-state index is 0.0444. The van der Waals surface area contributed by atoms with Crippen LogP contribution in [0.2, 0.25) is 0 Å². The van der Waals surface area contributed by atoms with Crippen molar-refractivity contribution in [3.8, 4) is 0 Å². The molecule has 4 aromatic carbocycles. The number of nitrogens with one attached hydrogen (secondary N) is 1. The highest BCUT2D eigenvalue weighted by Crippen LogP contribution is 2.35. The number of ether oxygens (including phenoxy) is 1. The third-order valence-electron chi connectivity index (χ3n) is 6.82. The lowest BCUT2D eigenvalue weighted by atomic mass is 10.0. The molecule has 1 aliphatic rings. The van der Waals surface area contributed by atoms with Gasteiger partial charge >= 0.3 is 0 Å². The van der Waals surface area contributed by atoms with Crippen LogP contribution >= 0.6 is 15.9 Å². The molecule has 6 rings (SSSR count). The van der Waals surface area contributed by atoms with E-state index in [-0.39, 0.29) is 29.6 Å². The highest BCUT2D eigenvalue weighted by molar-refractivity contribution is 9.10. The number of halogens is 1. The van der Waals surface area contributed by atoms with E-state index in [1.54, 1.807) is 36.4 Å². The third kappa shape index (κ3) is 4.80. The van der Waals surface area contributed by atoms with Gasteiger partial charge in [-0.15, -0.1) is 0 Å². The molecule has 0 radical (unpaired) electrons. The summed E-state index contributed by atoms with van der Waals surface area (Å²) >= 11 is 3.45. The van der Waals surface area contributed by atoms with Crippen LogP contribution in [-0.2, 0) is 11.3 Å². The fourth-order valence-corrected chi connectivity index (χ4v) is 5.27. The van der Waals surface area contributed by atoms with Crippen molar-refractivity contribution >= 4 is 49.5 Å². The third-order valence-corrected chi connectivity index (χ3v) is 7.31. The molecule has 1 fully saturated rings. The summed E-state index contributed by atoms with van der Waals surface area (Å²) in [4.78, 5) is 31.2. The van der Waals surface area contributed by atoms with Crippen molar-refractivity contribution in [2.75, 3.05) is 5.32 Å². The lowest BCUT2D eigenvalue weighted by Crippen LogP contribution is -2.31. The molecule has 1 N–H and O–H groups in total. The van der Waals surface area contributed by atoms with Crippen LogP contribution in [0.3, 0.4) is 0 Å². The first-order valence-corrected chi connectivity index (χ1v) is 13.0. The Bertz CT molecular complexity index is 1680. The molecule has 0 bridgehead atoms. The van der Waals surface area contributed by atoms with Crippen molar-refractivity contribution in [1.82, 2.24) is 9.55 Å². The second kappa shape index (κ2) is 9.92. The summed E-state index contributed by atoms with van der Waals surface area (Å²) in [6.45, 7) is 0.298. The van der Waals surface area contributed by atoms with Crippen LogP contribution in [0.4, 0.5) is 5.95 Å². The molecule has 6 nitrogen and oxygen atoms in total. The molecule has 7 heteroatoms. The van der Waals surface area contributed by atoms with Crippen LogP contribution in [0.1, 0.15) is 34.9 Å². The number of rotatable bonds is 5. The van der Waals surface area contributed by atoms with Gasteiger partial charge in [-0.25, -0.2) is 4.98 Å². The fraction of sp³-hybridized carbons (Fsp3) is 0.167. The molecule has 2 atom stereocenters. The fourth-order valence-electron chi connectivity index (χ4n) is 4.92. The summed E-state index contributed by atoms with van der Waals surface area (Å²) in [7, 11) is 0. The first-order chi connectivity index (χ1) is 18.0. The van der Waals surface area contributed by atoms with Gasteiger partial charge in [0.05, 0.1) is 29.7 Å². The molecule has 0 spiro atoms. The molecule has 1 unspecified atom stereocenters. The van der Waals surface area contributed by atoms with Gasteiger partial charge in [-0.2, -0.15) is 0 Å². The number of anilines is 1. The smallest absolute Gasteiger partial charge is 0.262 e. The highest BCUT2D eigenvalue weighted by Gasteiger charge is 2.28. The van der Waals surface area contributed by atoms with Gasteiger partial charge < -0.3 is 4.74 Å². The zero-order valence-corrected chi connectivity index (χ0v) is 21.5.